The van der Waals surface area contributed by atoms with Crippen molar-refractivity contribution in [2.75, 3.05) is 6.61 Å². The molecule has 1 atom stereocenters. The minimum Gasteiger partial charge on any atom is -0.480 e. The Morgan fingerprint density at radius 1 is 0.931 bits per heavy atom. The van der Waals surface area contributed by atoms with Gasteiger partial charge in [-0.15, -0.1) is 0 Å². The Balaban J connectivity index is 0.000000291. The quantitative estimate of drug-likeness (QED) is 0.655. The summed E-state index contributed by atoms with van der Waals surface area (Å²) in [6.45, 7) is 5.64. The van der Waals surface area contributed by atoms with E-state index in [0.717, 1.165) is 0 Å². The standard InChI is InChI=1S/C14H14O.C8H15NO5/c1-3-7-13(8-4-1)11-15-12-14-9-5-2-6-10-14;1-8(2,3)14-7(13)9-5(4-10)6(11)12/h1-10H,11-12H2;5,10H,4H2,1-3H3,(H,9,13)(H,11,12). The molecule has 0 aromatic heterocycles. The summed E-state index contributed by atoms with van der Waals surface area (Å²) in [7, 11) is 0. The van der Waals surface area contributed by atoms with E-state index in [-0.39, 0.29) is 0 Å². The summed E-state index contributed by atoms with van der Waals surface area (Å²) in [5.41, 5.74) is 1.74. The molecular formula is C22H29NO6. The lowest BCUT2D eigenvalue weighted by molar-refractivity contribution is -0.140. The highest BCUT2D eigenvalue weighted by atomic mass is 16.6. The van der Waals surface area contributed by atoms with E-state index in [1.807, 2.05) is 41.7 Å². The molecule has 1 unspecified atom stereocenters. The molecule has 0 bridgehead atoms. The molecule has 2 aromatic rings. The van der Waals surface area contributed by atoms with Gasteiger partial charge in [-0.2, -0.15) is 0 Å². The molecule has 0 saturated carbocycles. The molecule has 29 heavy (non-hydrogen) atoms. The van der Waals surface area contributed by atoms with Crippen LogP contribution in [0.5, 0.6) is 0 Å². The van der Waals surface area contributed by atoms with Crippen LogP contribution in [0.1, 0.15) is 31.9 Å². The fraction of sp³-hybridized carbons (Fsp3) is 0.364. The average Bonchev–Trinajstić information content (AvgIpc) is 2.67. The molecule has 7 heteroatoms. The Labute approximate surface area is 171 Å². The minimum atomic E-state index is -1.33. The first-order valence-electron chi connectivity index (χ1n) is 9.20. The Bertz CT molecular complexity index is 688. The summed E-state index contributed by atoms with van der Waals surface area (Å²) in [5.74, 6) is -1.31. The highest BCUT2D eigenvalue weighted by Gasteiger charge is 2.22. The smallest absolute Gasteiger partial charge is 0.408 e. The summed E-state index contributed by atoms with van der Waals surface area (Å²) in [6, 6.07) is 19.1. The van der Waals surface area contributed by atoms with Crippen LogP contribution in [0.3, 0.4) is 0 Å². The molecule has 0 aliphatic carbocycles. The Morgan fingerprint density at radius 3 is 1.72 bits per heavy atom. The molecule has 2 rings (SSSR count). The van der Waals surface area contributed by atoms with Gasteiger partial charge in [0.15, 0.2) is 6.04 Å². The fourth-order valence-corrected chi connectivity index (χ4v) is 2.07. The number of aliphatic carboxylic acids is 1. The van der Waals surface area contributed by atoms with Crippen molar-refractivity contribution in [3.8, 4) is 0 Å². The monoisotopic (exact) mass is 403 g/mol. The van der Waals surface area contributed by atoms with Gasteiger partial charge in [0.2, 0.25) is 0 Å². The first kappa shape index (κ1) is 24.1. The largest absolute Gasteiger partial charge is 0.480 e. The lowest BCUT2D eigenvalue weighted by atomic mass is 10.2. The van der Waals surface area contributed by atoms with Crippen LogP contribution in [0.4, 0.5) is 4.79 Å². The van der Waals surface area contributed by atoms with Gasteiger partial charge in [-0.1, -0.05) is 60.7 Å². The summed E-state index contributed by atoms with van der Waals surface area (Å²) in [4.78, 5) is 21.4. The van der Waals surface area contributed by atoms with Gasteiger partial charge in [0.1, 0.15) is 5.60 Å². The van der Waals surface area contributed by atoms with Crippen LogP contribution in [0, 0.1) is 0 Å². The van der Waals surface area contributed by atoms with Crippen molar-refractivity contribution >= 4 is 12.1 Å². The van der Waals surface area contributed by atoms with Gasteiger partial charge in [0.05, 0.1) is 19.8 Å². The number of aliphatic hydroxyl groups is 1. The van der Waals surface area contributed by atoms with Crippen LogP contribution >= 0.6 is 0 Å². The molecule has 7 nitrogen and oxygen atoms in total. The molecule has 158 valence electrons. The number of carbonyl (C=O) groups excluding carboxylic acids is 1. The minimum absolute atomic E-state index is 0.672. The zero-order valence-corrected chi connectivity index (χ0v) is 17.0. The van der Waals surface area contributed by atoms with Gasteiger partial charge >= 0.3 is 12.1 Å². The predicted molar refractivity (Wildman–Crippen MR) is 109 cm³/mol. The number of nitrogens with one attached hydrogen (secondary N) is 1. The normalized spacial score (nSPS) is 11.6. The maximum atomic E-state index is 11.0. The van der Waals surface area contributed by atoms with Crippen molar-refractivity contribution in [2.24, 2.45) is 0 Å². The highest BCUT2D eigenvalue weighted by Crippen LogP contribution is 2.07. The van der Waals surface area contributed by atoms with Gasteiger partial charge in [-0.25, -0.2) is 9.59 Å². The molecule has 0 saturated heterocycles. The van der Waals surface area contributed by atoms with E-state index in [1.165, 1.54) is 11.1 Å². The number of alkyl carbamates (subject to hydrolysis) is 1. The van der Waals surface area contributed by atoms with E-state index in [2.05, 4.69) is 24.3 Å². The third kappa shape index (κ3) is 11.5. The number of benzene rings is 2. The van der Waals surface area contributed by atoms with Crippen LogP contribution in [0.15, 0.2) is 60.7 Å². The number of hydrogen-bond acceptors (Lipinski definition) is 5. The second-order valence-electron chi connectivity index (χ2n) is 7.18. The maximum absolute atomic E-state index is 11.0. The fourth-order valence-electron chi connectivity index (χ4n) is 2.07. The maximum Gasteiger partial charge on any atom is 0.408 e. The number of hydrogen-bond donors (Lipinski definition) is 3. The second kappa shape index (κ2) is 12.5. The number of ether oxygens (including phenoxy) is 2. The number of carboxylic acids is 1. The van der Waals surface area contributed by atoms with Crippen molar-refractivity contribution in [1.82, 2.24) is 5.32 Å². The van der Waals surface area contributed by atoms with Crippen LogP contribution in [-0.4, -0.2) is 40.5 Å². The lowest BCUT2D eigenvalue weighted by Gasteiger charge is -2.21. The number of carboxylic acid groups (broad SMARTS) is 1. The summed E-state index contributed by atoms with van der Waals surface area (Å²) in [5, 5.41) is 19.1. The average molecular weight is 403 g/mol. The molecule has 1 amide bonds. The lowest BCUT2D eigenvalue weighted by Crippen LogP contribution is -2.45. The van der Waals surface area contributed by atoms with Gasteiger partial charge in [-0.05, 0) is 31.9 Å². The summed E-state index contributed by atoms with van der Waals surface area (Å²) in [6.07, 6.45) is -0.862. The number of aliphatic hydroxyl groups excluding tert-OH is 1. The number of rotatable bonds is 7. The van der Waals surface area contributed by atoms with E-state index in [0.29, 0.717) is 13.2 Å². The van der Waals surface area contributed by atoms with E-state index in [9.17, 15) is 9.59 Å². The first-order chi connectivity index (χ1) is 13.7. The number of carbonyl (C=O) groups is 2. The van der Waals surface area contributed by atoms with E-state index >= 15 is 0 Å². The zero-order valence-electron chi connectivity index (χ0n) is 17.0. The van der Waals surface area contributed by atoms with Crippen LogP contribution in [0.25, 0.3) is 0 Å². The SMILES string of the molecule is CC(C)(C)OC(=O)NC(CO)C(=O)O.c1ccc(COCc2ccccc2)cc1. The molecule has 0 aliphatic heterocycles. The third-order valence-corrected chi connectivity index (χ3v) is 3.39. The Morgan fingerprint density at radius 2 is 1.38 bits per heavy atom. The van der Waals surface area contributed by atoms with Gasteiger partial charge < -0.3 is 25.0 Å². The molecule has 0 heterocycles. The van der Waals surface area contributed by atoms with Gasteiger partial charge in [0.25, 0.3) is 0 Å². The highest BCUT2D eigenvalue weighted by molar-refractivity contribution is 5.80. The molecular weight excluding hydrogens is 374 g/mol. The van der Waals surface area contributed by atoms with Crippen molar-refractivity contribution in [1.29, 1.82) is 0 Å². The van der Waals surface area contributed by atoms with Gasteiger partial charge in [0, 0.05) is 0 Å². The molecule has 0 fully saturated rings. The van der Waals surface area contributed by atoms with Gasteiger partial charge in [-0.3, -0.25) is 0 Å². The predicted octanol–water partition coefficient (Wildman–Crippen LogP) is 3.36. The van der Waals surface area contributed by atoms with E-state index < -0.39 is 30.3 Å². The summed E-state index contributed by atoms with van der Waals surface area (Å²) < 4.78 is 10.4. The van der Waals surface area contributed by atoms with E-state index in [1.54, 1.807) is 20.8 Å². The first-order valence-corrected chi connectivity index (χ1v) is 9.20. The molecule has 0 spiro atoms. The number of amides is 1. The van der Waals surface area contributed by atoms with Crippen molar-refractivity contribution < 1.29 is 29.3 Å². The molecule has 3 N–H and O–H groups in total. The van der Waals surface area contributed by atoms with Crippen LogP contribution in [-0.2, 0) is 27.5 Å². The topological polar surface area (TPSA) is 105 Å². The van der Waals surface area contributed by atoms with Crippen molar-refractivity contribution in [2.45, 2.75) is 45.6 Å². The third-order valence-electron chi connectivity index (χ3n) is 3.39. The second-order valence-corrected chi connectivity index (χ2v) is 7.18. The van der Waals surface area contributed by atoms with Crippen LogP contribution in [0.2, 0.25) is 0 Å². The van der Waals surface area contributed by atoms with E-state index in [4.69, 9.17) is 19.7 Å². The zero-order chi connectivity index (χ0) is 21.7. The molecule has 2 aromatic carbocycles. The Hall–Kier alpha value is -2.90. The van der Waals surface area contributed by atoms with Crippen molar-refractivity contribution in [3.05, 3.63) is 71.8 Å². The summed E-state index contributed by atoms with van der Waals surface area (Å²) >= 11 is 0. The van der Waals surface area contributed by atoms with Crippen LogP contribution < -0.4 is 5.32 Å². The van der Waals surface area contributed by atoms with Crippen molar-refractivity contribution in [3.63, 3.8) is 0 Å². The molecule has 0 aliphatic rings. The Kier molecular flexibility index (Phi) is 10.4. The molecule has 0 radical (unpaired) electrons.